The summed E-state index contributed by atoms with van der Waals surface area (Å²) in [6.07, 6.45) is 10.7. The molecule has 2 aromatic heterocycles. The highest BCUT2D eigenvalue weighted by Crippen LogP contribution is 2.36. The molecule has 0 saturated heterocycles. The second kappa shape index (κ2) is 6.23. The van der Waals surface area contributed by atoms with Crippen LogP contribution < -0.4 is 5.32 Å². The molecule has 0 atom stereocenters. The van der Waals surface area contributed by atoms with Crippen molar-refractivity contribution in [3.8, 4) is 18.0 Å². The van der Waals surface area contributed by atoms with E-state index in [4.69, 9.17) is 6.42 Å². The molecule has 9 nitrogen and oxygen atoms in total. The third-order valence-electron chi connectivity index (χ3n) is 3.91. The van der Waals surface area contributed by atoms with E-state index < -0.39 is 5.66 Å². The maximum Gasteiger partial charge on any atom is 0.273 e. The molecule has 0 fully saturated rings. The van der Waals surface area contributed by atoms with Gasteiger partial charge in [-0.15, -0.1) is 17.4 Å². The van der Waals surface area contributed by atoms with Crippen molar-refractivity contribution in [2.24, 2.45) is 17.3 Å². The molecule has 3 rings (SSSR count). The van der Waals surface area contributed by atoms with Crippen molar-refractivity contribution in [2.45, 2.75) is 31.8 Å². The smallest absolute Gasteiger partial charge is 0.273 e. The number of carbonyl (C=O) groups excluding carboxylic acids is 1. The van der Waals surface area contributed by atoms with E-state index in [0.29, 0.717) is 30.8 Å². The third kappa shape index (κ3) is 3.17. The summed E-state index contributed by atoms with van der Waals surface area (Å²) in [5.74, 6) is 2.31. The minimum atomic E-state index is -0.401. The van der Waals surface area contributed by atoms with Gasteiger partial charge in [0.1, 0.15) is 5.69 Å². The van der Waals surface area contributed by atoms with E-state index in [1.165, 1.54) is 0 Å². The predicted octanol–water partition coefficient (Wildman–Crippen LogP) is 1.00. The molecule has 0 saturated carbocycles. The lowest BCUT2D eigenvalue weighted by Crippen LogP contribution is -2.29. The Morgan fingerprint density at radius 3 is 2.83 bits per heavy atom. The molecule has 1 aliphatic heterocycles. The molecule has 2 aromatic rings. The molecule has 1 N–H and O–H groups in total. The minimum Gasteiger partial charge on any atom is -0.350 e. The van der Waals surface area contributed by atoms with Gasteiger partial charge in [0.15, 0.2) is 11.4 Å². The van der Waals surface area contributed by atoms with E-state index in [2.05, 4.69) is 36.9 Å². The van der Waals surface area contributed by atoms with Gasteiger partial charge in [-0.25, -0.2) is 4.68 Å². The first-order valence-electron chi connectivity index (χ1n) is 7.62. The van der Waals surface area contributed by atoms with Crippen LogP contribution in [0.2, 0.25) is 0 Å². The first-order chi connectivity index (χ1) is 11.5. The summed E-state index contributed by atoms with van der Waals surface area (Å²) < 4.78 is 3.25. The van der Waals surface area contributed by atoms with Gasteiger partial charge in [-0.1, -0.05) is 5.21 Å². The molecule has 1 amide bonds. The zero-order valence-electron chi connectivity index (χ0n) is 13.6. The zero-order chi connectivity index (χ0) is 17.2. The van der Waals surface area contributed by atoms with Gasteiger partial charge in [-0.3, -0.25) is 9.48 Å². The number of nitrogens with one attached hydrogen (secondary N) is 1. The van der Waals surface area contributed by atoms with E-state index in [-0.39, 0.29) is 5.91 Å². The van der Waals surface area contributed by atoms with Crippen LogP contribution in [0.25, 0.3) is 5.69 Å². The van der Waals surface area contributed by atoms with Gasteiger partial charge in [-0.05, 0) is 6.92 Å². The standard InChI is InChI=1S/C15H18N8O/c1-4-5-6-15(19-20-15)7-8-16-14(24)13-11(2)23(21-18-13)12-9-17-22(3)10-12/h1,9-10H,5-8H2,2-3H3,(H,16,24). The fraction of sp³-hybridized carbons (Fsp3) is 0.467. The number of rotatable bonds is 7. The third-order valence-corrected chi connectivity index (χ3v) is 3.91. The van der Waals surface area contributed by atoms with Crippen molar-refractivity contribution in [2.75, 3.05) is 6.54 Å². The van der Waals surface area contributed by atoms with Crippen LogP contribution >= 0.6 is 0 Å². The topological polar surface area (TPSA) is 102 Å². The van der Waals surface area contributed by atoms with Gasteiger partial charge in [-0.2, -0.15) is 15.3 Å². The van der Waals surface area contributed by atoms with E-state index in [0.717, 1.165) is 12.1 Å². The molecular formula is C15H18N8O. The molecule has 3 heterocycles. The van der Waals surface area contributed by atoms with Crippen molar-refractivity contribution >= 4 is 5.91 Å². The predicted molar refractivity (Wildman–Crippen MR) is 85.5 cm³/mol. The Balaban J connectivity index is 1.58. The van der Waals surface area contributed by atoms with Gasteiger partial charge in [0, 0.05) is 32.9 Å². The minimum absolute atomic E-state index is 0.268. The van der Waals surface area contributed by atoms with E-state index in [9.17, 15) is 4.79 Å². The van der Waals surface area contributed by atoms with Crippen LogP contribution in [0, 0.1) is 19.3 Å². The molecule has 24 heavy (non-hydrogen) atoms. The number of aromatic nitrogens is 5. The largest absolute Gasteiger partial charge is 0.350 e. The highest BCUT2D eigenvalue weighted by molar-refractivity contribution is 5.93. The molecule has 0 radical (unpaired) electrons. The van der Waals surface area contributed by atoms with Crippen LogP contribution in [0.15, 0.2) is 22.6 Å². The van der Waals surface area contributed by atoms with Crippen molar-refractivity contribution in [3.05, 3.63) is 23.8 Å². The average molecular weight is 326 g/mol. The molecule has 124 valence electrons. The summed E-state index contributed by atoms with van der Waals surface area (Å²) in [6, 6.07) is 0. The van der Waals surface area contributed by atoms with Crippen LogP contribution in [-0.4, -0.2) is 42.9 Å². The Bertz CT molecular complexity index is 819. The quantitative estimate of drug-likeness (QED) is 0.767. The Hall–Kier alpha value is -3.02. The van der Waals surface area contributed by atoms with Crippen molar-refractivity contribution < 1.29 is 4.79 Å². The summed E-state index contributed by atoms with van der Waals surface area (Å²) in [5.41, 5.74) is 1.30. The summed E-state index contributed by atoms with van der Waals surface area (Å²) in [5, 5.41) is 23.0. The molecule has 0 unspecified atom stereocenters. The summed E-state index contributed by atoms with van der Waals surface area (Å²) in [4.78, 5) is 12.3. The first-order valence-corrected chi connectivity index (χ1v) is 7.62. The monoisotopic (exact) mass is 326 g/mol. The molecule has 1 aliphatic rings. The second-order valence-corrected chi connectivity index (χ2v) is 5.70. The molecular weight excluding hydrogens is 308 g/mol. The van der Waals surface area contributed by atoms with Crippen LogP contribution in [0.1, 0.15) is 35.4 Å². The van der Waals surface area contributed by atoms with Gasteiger partial charge in [0.2, 0.25) is 0 Å². The summed E-state index contributed by atoms with van der Waals surface area (Å²) >= 11 is 0. The van der Waals surface area contributed by atoms with Gasteiger partial charge in [0.05, 0.1) is 18.1 Å². The Labute approximate surface area is 139 Å². The fourth-order valence-electron chi connectivity index (χ4n) is 2.43. The second-order valence-electron chi connectivity index (χ2n) is 5.70. The Morgan fingerprint density at radius 1 is 1.42 bits per heavy atom. The number of hydrogen-bond acceptors (Lipinski definition) is 6. The highest BCUT2D eigenvalue weighted by atomic mass is 16.2. The van der Waals surface area contributed by atoms with Crippen LogP contribution in [0.4, 0.5) is 0 Å². The highest BCUT2D eigenvalue weighted by Gasteiger charge is 2.38. The molecule has 9 heteroatoms. The molecule has 0 aromatic carbocycles. The van der Waals surface area contributed by atoms with Crippen molar-refractivity contribution in [3.63, 3.8) is 0 Å². The molecule has 0 bridgehead atoms. The van der Waals surface area contributed by atoms with Crippen LogP contribution in [0.5, 0.6) is 0 Å². The number of terminal acetylenes is 1. The van der Waals surface area contributed by atoms with E-state index in [1.807, 2.05) is 7.05 Å². The number of aryl methyl sites for hydroxylation is 1. The van der Waals surface area contributed by atoms with E-state index in [1.54, 1.807) is 28.7 Å². The first kappa shape index (κ1) is 15.9. The lowest BCUT2D eigenvalue weighted by molar-refractivity contribution is 0.0946. The number of amides is 1. The summed E-state index contributed by atoms with van der Waals surface area (Å²) in [7, 11) is 1.81. The van der Waals surface area contributed by atoms with Crippen molar-refractivity contribution in [1.29, 1.82) is 0 Å². The van der Waals surface area contributed by atoms with Crippen molar-refractivity contribution in [1.82, 2.24) is 30.1 Å². The number of hydrogen-bond donors (Lipinski definition) is 1. The normalized spacial score (nSPS) is 14.4. The van der Waals surface area contributed by atoms with E-state index >= 15 is 0 Å². The number of nitrogens with zero attached hydrogens (tertiary/aromatic N) is 7. The van der Waals surface area contributed by atoms with Gasteiger partial charge < -0.3 is 5.32 Å². The van der Waals surface area contributed by atoms with Crippen LogP contribution in [0.3, 0.4) is 0 Å². The van der Waals surface area contributed by atoms with Gasteiger partial charge >= 0.3 is 0 Å². The number of carbonyl (C=O) groups is 1. The Morgan fingerprint density at radius 2 is 2.21 bits per heavy atom. The average Bonchev–Trinajstić information content (AvgIpc) is 3.02. The lowest BCUT2D eigenvalue weighted by Gasteiger charge is -2.09. The van der Waals surface area contributed by atoms with Gasteiger partial charge in [0.25, 0.3) is 5.91 Å². The lowest BCUT2D eigenvalue weighted by atomic mass is 10.0. The molecule has 0 aliphatic carbocycles. The molecule has 0 spiro atoms. The fourth-order valence-corrected chi connectivity index (χ4v) is 2.43. The zero-order valence-corrected chi connectivity index (χ0v) is 13.6. The maximum atomic E-state index is 12.3. The summed E-state index contributed by atoms with van der Waals surface area (Å²) in [6.45, 7) is 2.25. The maximum absolute atomic E-state index is 12.3. The SMILES string of the molecule is C#CCCC1(CCNC(=O)c2nnn(-c3cnn(C)c3)c2C)N=N1. The van der Waals surface area contributed by atoms with Crippen LogP contribution in [-0.2, 0) is 7.05 Å². The Kier molecular flexibility index (Phi) is 4.12.